The van der Waals surface area contributed by atoms with Gasteiger partial charge in [-0.2, -0.15) is 0 Å². The second-order valence-corrected chi connectivity index (χ2v) is 7.98. The van der Waals surface area contributed by atoms with Gasteiger partial charge in [-0.15, -0.1) is 0 Å². The first-order chi connectivity index (χ1) is 11.3. The van der Waals surface area contributed by atoms with E-state index in [1.54, 1.807) is 0 Å². The molecule has 3 heteroatoms. The van der Waals surface area contributed by atoms with E-state index in [-0.39, 0.29) is 23.2 Å². The van der Waals surface area contributed by atoms with E-state index in [0.29, 0.717) is 5.76 Å². The molecule has 1 aliphatic carbocycles. The molecule has 3 rings (SSSR count). The molecule has 0 spiro atoms. The number of ether oxygens (including phenoxy) is 1. The Morgan fingerprint density at radius 3 is 2.67 bits per heavy atom. The van der Waals surface area contributed by atoms with E-state index < -0.39 is 0 Å². The van der Waals surface area contributed by atoms with Gasteiger partial charge in [-0.3, -0.25) is 0 Å². The van der Waals surface area contributed by atoms with Crippen LogP contribution in [0, 0.1) is 5.92 Å². The van der Waals surface area contributed by atoms with Gasteiger partial charge in [0.05, 0.1) is 11.7 Å². The van der Waals surface area contributed by atoms with Crippen molar-refractivity contribution in [3.8, 4) is 11.5 Å². The molecule has 2 atom stereocenters. The minimum absolute atomic E-state index is 0.151. The summed E-state index contributed by atoms with van der Waals surface area (Å²) in [7, 11) is 0. The Kier molecular flexibility index (Phi) is 4.54. The molecule has 0 aromatic heterocycles. The van der Waals surface area contributed by atoms with Gasteiger partial charge in [0.25, 0.3) is 0 Å². The Hall–Kier alpha value is -1.64. The van der Waals surface area contributed by atoms with Crippen LogP contribution in [0.15, 0.2) is 23.5 Å². The van der Waals surface area contributed by atoms with Gasteiger partial charge in [-0.1, -0.05) is 19.8 Å². The maximum Gasteiger partial charge on any atom is 0.128 e. The Labute approximate surface area is 145 Å². The summed E-state index contributed by atoms with van der Waals surface area (Å²) in [6, 6.07) is 3.93. The molecule has 0 bridgehead atoms. The summed E-state index contributed by atoms with van der Waals surface area (Å²) in [5.41, 5.74) is 2.58. The first-order valence-electron chi connectivity index (χ1n) is 9.28. The van der Waals surface area contributed by atoms with Crippen molar-refractivity contribution in [1.29, 1.82) is 0 Å². The third-order valence-electron chi connectivity index (χ3n) is 5.79. The van der Waals surface area contributed by atoms with E-state index in [0.717, 1.165) is 48.1 Å². The minimum atomic E-state index is -0.346. The van der Waals surface area contributed by atoms with Gasteiger partial charge in [0.1, 0.15) is 17.1 Å². The standard InChI is InChI=1S/C21H30O3/c1-5-6-7-8-14-11-16(22)19-17(12-14)24-21(3,4)15-10-9-13(2)20(23)18(15)19/h11-12,15,18,22-23H,5-10H2,1-4H3/t15-,18+/m0/s1. The minimum Gasteiger partial charge on any atom is -0.512 e. The van der Waals surface area contributed by atoms with Crippen LogP contribution in [-0.4, -0.2) is 15.8 Å². The number of aliphatic hydroxyl groups excluding tert-OH is 1. The topological polar surface area (TPSA) is 49.7 Å². The molecule has 2 aliphatic rings. The second kappa shape index (κ2) is 6.34. The molecule has 0 radical (unpaired) electrons. The maximum atomic E-state index is 10.7. The smallest absolute Gasteiger partial charge is 0.128 e. The predicted octanol–water partition coefficient (Wildman–Crippen LogP) is 5.62. The van der Waals surface area contributed by atoms with Crippen LogP contribution in [0.5, 0.6) is 11.5 Å². The van der Waals surface area contributed by atoms with E-state index in [1.807, 2.05) is 13.0 Å². The SMILES string of the molecule is CCCCCc1cc(O)c2c(c1)OC(C)(C)[C@H]1CCC(C)=C(O)[C@@H]21. The Morgan fingerprint density at radius 2 is 1.96 bits per heavy atom. The van der Waals surface area contributed by atoms with Crippen molar-refractivity contribution < 1.29 is 14.9 Å². The summed E-state index contributed by atoms with van der Waals surface area (Å²) in [6.07, 6.45) is 6.32. The van der Waals surface area contributed by atoms with Crippen molar-refractivity contribution in [3.63, 3.8) is 0 Å². The molecule has 0 fully saturated rings. The zero-order valence-electron chi connectivity index (χ0n) is 15.4. The highest BCUT2D eigenvalue weighted by Crippen LogP contribution is 2.55. The molecule has 3 nitrogen and oxygen atoms in total. The Morgan fingerprint density at radius 1 is 1.21 bits per heavy atom. The molecule has 1 aromatic carbocycles. The van der Waals surface area contributed by atoms with Crippen LogP contribution in [0.4, 0.5) is 0 Å². The number of unbranched alkanes of at least 4 members (excludes halogenated alkanes) is 2. The number of hydrogen-bond acceptors (Lipinski definition) is 3. The molecule has 2 N–H and O–H groups in total. The number of phenolic OH excluding ortho intramolecular Hbond substituents is 1. The van der Waals surface area contributed by atoms with Crippen molar-refractivity contribution >= 4 is 0 Å². The van der Waals surface area contributed by atoms with E-state index in [9.17, 15) is 10.2 Å². The van der Waals surface area contributed by atoms with Gasteiger partial charge < -0.3 is 14.9 Å². The number of aryl methyl sites for hydroxylation is 1. The van der Waals surface area contributed by atoms with Crippen LogP contribution in [-0.2, 0) is 6.42 Å². The van der Waals surface area contributed by atoms with Crippen molar-refractivity contribution in [2.45, 2.75) is 77.7 Å². The van der Waals surface area contributed by atoms with Crippen LogP contribution in [0.3, 0.4) is 0 Å². The lowest BCUT2D eigenvalue weighted by atomic mass is 9.67. The van der Waals surface area contributed by atoms with Crippen LogP contribution in [0.2, 0.25) is 0 Å². The van der Waals surface area contributed by atoms with Crippen molar-refractivity contribution in [2.24, 2.45) is 5.92 Å². The number of hydrogen-bond donors (Lipinski definition) is 2. The highest BCUT2D eigenvalue weighted by Gasteiger charge is 2.48. The molecule has 1 aliphatic heterocycles. The summed E-state index contributed by atoms with van der Waals surface area (Å²) < 4.78 is 6.31. The lowest BCUT2D eigenvalue weighted by Gasteiger charge is -2.47. The highest BCUT2D eigenvalue weighted by atomic mass is 16.5. The molecule has 0 amide bonds. The van der Waals surface area contributed by atoms with E-state index in [4.69, 9.17) is 4.74 Å². The molecular weight excluding hydrogens is 300 g/mol. The van der Waals surface area contributed by atoms with E-state index >= 15 is 0 Å². The van der Waals surface area contributed by atoms with Gasteiger partial charge in [0.2, 0.25) is 0 Å². The largest absolute Gasteiger partial charge is 0.512 e. The summed E-state index contributed by atoms with van der Waals surface area (Å²) in [5, 5.41) is 21.4. The number of fused-ring (bicyclic) bond motifs is 3. The third kappa shape index (κ3) is 2.89. The van der Waals surface area contributed by atoms with Gasteiger partial charge in [0.15, 0.2) is 0 Å². The fourth-order valence-corrected chi connectivity index (χ4v) is 4.36. The Bertz CT molecular complexity index is 657. The van der Waals surface area contributed by atoms with E-state index in [1.165, 1.54) is 12.8 Å². The zero-order valence-corrected chi connectivity index (χ0v) is 15.4. The number of benzene rings is 1. The number of aliphatic hydroxyl groups is 1. The lowest BCUT2D eigenvalue weighted by Crippen LogP contribution is -2.46. The van der Waals surface area contributed by atoms with Crippen molar-refractivity contribution in [1.82, 2.24) is 0 Å². The first-order valence-corrected chi connectivity index (χ1v) is 9.28. The first kappa shape index (κ1) is 17.2. The normalized spacial score (nSPS) is 25.0. The van der Waals surface area contributed by atoms with Gasteiger partial charge in [-0.05, 0) is 69.7 Å². The number of phenols is 1. The summed E-state index contributed by atoms with van der Waals surface area (Å²) in [6.45, 7) is 8.38. The number of allylic oxidation sites excluding steroid dienone is 2. The van der Waals surface area contributed by atoms with Crippen LogP contribution >= 0.6 is 0 Å². The molecule has 0 saturated carbocycles. The molecule has 24 heavy (non-hydrogen) atoms. The number of aromatic hydroxyl groups is 1. The van der Waals surface area contributed by atoms with Crippen molar-refractivity contribution in [2.75, 3.05) is 0 Å². The second-order valence-electron chi connectivity index (χ2n) is 7.98. The molecule has 1 heterocycles. The molecule has 0 unspecified atom stereocenters. The Balaban J connectivity index is 2.04. The quantitative estimate of drug-likeness (QED) is 0.704. The fourth-order valence-electron chi connectivity index (χ4n) is 4.36. The van der Waals surface area contributed by atoms with E-state index in [2.05, 4.69) is 26.8 Å². The average Bonchev–Trinajstić information content (AvgIpc) is 2.50. The van der Waals surface area contributed by atoms with Crippen molar-refractivity contribution in [3.05, 3.63) is 34.6 Å². The monoisotopic (exact) mass is 330 g/mol. The fraction of sp³-hybridized carbons (Fsp3) is 0.619. The zero-order chi connectivity index (χ0) is 17.5. The predicted molar refractivity (Wildman–Crippen MR) is 96.8 cm³/mol. The van der Waals surface area contributed by atoms with Gasteiger partial charge in [0, 0.05) is 11.5 Å². The molecule has 0 saturated heterocycles. The molecular formula is C21H30O3. The lowest BCUT2D eigenvalue weighted by molar-refractivity contribution is -0.000487. The summed E-state index contributed by atoms with van der Waals surface area (Å²) in [5.74, 6) is 1.48. The number of rotatable bonds is 4. The van der Waals surface area contributed by atoms with Crippen LogP contribution in [0.25, 0.3) is 0 Å². The third-order valence-corrected chi connectivity index (χ3v) is 5.79. The highest BCUT2D eigenvalue weighted by molar-refractivity contribution is 5.54. The summed E-state index contributed by atoms with van der Waals surface area (Å²) in [4.78, 5) is 0. The average molecular weight is 330 g/mol. The maximum absolute atomic E-state index is 10.7. The molecule has 1 aromatic rings. The molecule has 132 valence electrons. The van der Waals surface area contributed by atoms with Crippen LogP contribution in [0.1, 0.15) is 76.8 Å². The van der Waals surface area contributed by atoms with Gasteiger partial charge in [-0.25, -0.2) is 0 Å². The summed E-state index contributed by atoms with van der Waals surface area (Å²) >= 11 is 0. The van der Waals surface area contributed by atoms with Gasteiger partial charge >= 0.3 is 0 Å². The van der Waals surface area contributed by atoms with Crippen LogP contribution < -0.4 is 4.74 Å².